The fourth-order valence-electron chi connectivity index (χ4n) is 2.29. The third-order valence-corrected chi connectivity index (χ3v) is 3.41. The van der Waals surface area contributed by atoms with Crippen molar-refractivity contribution in [2.45, 2.75) is 33.4 Å². The van der Waals surface area contributed by atoms with Gasteiger partial charge in [0.05, 0.1) is 19.9 Å². The number of nitrogens with zero attached hydrogens (tertiary/aromatic N) is 2. The predicted molar refractivity (Wildman–Crippen MR) is 81.1 cm³/mol. The van der Waals surface area contributed by atoms with Crippen LogP contribution in [0.3, 0.4) is 0 Å². The highest BCUT2D eigenvalue weighted by atomic mass is 16.5. The van der Waals surface area contributed by atoms with Crippen LogP contribution in [0, 0.1) is 13.8 Å². The summed E-state index contributed by atoms with van der Waals surface area (Å²) < 4.78 is 7.39. The molecule has 0 aliphatic carbocycles. The van der Waals surface area contributed by atoms with Crippen molar-refractivity contribution >= 4 is 0 Å². The summed E-state index contributed by atoms with van der Waals surface area (Å²) in [6.45, 7) is 8.05. The largest absolute Gasteiger partial charge is 0.496 e. The average molecular weight is 273 g/mol. The van der Waals surface area contributed by atoms with E-state index in [1.54, 1.807) is 7.11 Å². The quantitative estimate of drug-likeness (QED) is 0.879. The van der Waals surface area contributed by atoms with Crippen LogP contribution in [0.1, 0.15) is 29.7 Å². The molecule has 20 heavy (non-hydrogen) atoms. The average Bonchev–Trinajstić information content (AvgIpc) is 2.84. The summed E-state index contributed by atoms with van der Waals surface area (Å²) in [7, 11) is 1.72. The molecule has 0 amide bonds. The minimum absolute atomic E-state index is 0.251. The molecule has 0 bridgehead atoms. The van der Waals surface area contributed by atoms with E-state index in [2.05, 4.69) is 49.5 Å². The zero-order chi connectivity index (χ0) is 14.5. The van der Waals surface area contributed by atoms with Gasteiger partial charge in [-0.2, -0.15) is 5.10 Å². The van der Waals surface area contributed by atoms with Crippen LogP contribution in [0.15, 0.2) is 30.6 Å². The van der Waals surface area contributed by atoms with Gasteiger partial charge >= 0.3 is 0 Å². The first-order valence-electron chi connectivity index (χ1n) is 6.97. The van der Waals surface area contributed by atoms with E-state index < -0.39 is 0 Å². The van der Waals surface area contributed by atoms with Crippen molar-refractivity contribution < 1.29 is 4.74 Å². The van der Waals surface area contributed by atoms with Gasteiger partial charge in [0.1, 0.15) is 5.75 Å². The van der Waals surface area contributed by atoms with Crippen molar-refractivity contribution in [3.05, 3.63) is 47.3 Å². The predicted octanol–water partition coefficient (Wildman–Crippen LogP) is 2.86. The first-order valence-corrected chi connectivity index (χ1v) is 6.97. The van der Waals surface area contributed by atoms with Gasteiger partial charge in [0.2, 0.25) is 0 Å². The minimum atomic E-state index is 0.251. The number of ether oxygens (including phenoxy) is 1. The molecule has 4 heteroatoms. The van der Waals surface area contributed by atoms with Gasteiger partial charge in [0, 0.05) is 24.3 Å². The molecule has 2 aromatic rings. The minimum Gasteiger partial charge on any atom is -0.496 e. The number of nitrogens with one attached hydrogen (secondary N) is 1. The molecule has 1 aromatic carbocycles. The maximum absolute atomic E-state index is 5.43. The fourth-order valence-corrected chi connectivity index (χ4v) is 2.29. The van der Waals surface area contributed by atoms with E-state index in [0.29, 0.717) is 0 Å². The first kappa shape index (κ1) is 14.6. The summed E-state index contributed by atoms with van der Waals surface area (Å²) in [5.41, 5.74) is 3.64. The summed E-state index contributed by atoms with van der Waals surface area (Å²) in [6.07, 6.45) is 3.94. The van der Waals surface area contributed by atoms with Crippen LogP contribution in [-0.4, -0.2) is 23.4 Å². The fraction of sp³-hybridized carbons (Fsp3) is 0.438. The lowest BCUT2D eigenvalue weighted by Gasteiger charge is -2.18. The highest BCUT2D eigenvalue weighted by Gasteiger charge is 2.11. The van der Waals surface area contributed by atoms with Crippen LogP contribution < -0.4 is 10.1 Å². The van der Waals surface area contributed by atoms with Gasteiger partial charge in [0.25, 0.3) is 0 Å². The van der Waals surface area contributed by atoms with E-state index in [1.807, 2.05) is 16.9 Å². The Morgan fingerprint density at radius 2 is 2.10 bits per heavy atom. The highest BCUT2D eigenvalue weighted by molar-refractivity contribution is 5.38. The van der Waals surface area contributed by atoms with Crippen molar-refractivity contribution in [2.24, 2.45) is 0 Å². The van der Waals surface area contributed by atoms with E-state index in [9.17, 15) is 0 Å². The Bertz CT molecular complexity index is 563. The number of rotatable bonds is 6. The third kappa shape index (κ3) is 3.61. The molecule has 1 heterocycles. The monoisotopic (exact) mass is 273 g/mol. The summed E-state index contributed by atoms with van der Waals surface area (Å²) in [5.74, 6) is 0.936. The zero-order valence-electron chi connectivity index (χ0n) is 12.7. The summed E-state index contributed by atoms with van der Waals surface area (Å²) in [4.78, 5) is 0. The number of aryl methyl sites for hydroxylation is 2. The molecule has 2 rings (SSSR count). The molecule has 1 N–H and O–H groups in total. The summed E-state index contributed by atoms with van der Waals surface area (Å²) in [6, 6.07) is 6.53. The Kier molecular flexibility index (Phi) is 4.79. The van der Waals surface area contributed by atoms with Gasteiger partial charge in [0.15, 0.2) is 0 Å². The van der Waals surface area contributed by atoms with Crippen molar-refractivity contribution in [3.8, 4) is 5.75 Å². The molecular formula is C16H23N3O. The first-order chi connectivity index (χ1) is 9.60. The summed E-state index contributed by atoms with van der Waals surface area (Å²) in [5, 5.41) is 7.80. The Hall–Kier alpha value is -1.81. The number of methoxy groups -OCH3 is 1. The number of benzene rings is 1. The van der Waals surface area contributed by atoms with Crippen molar-refractivity contribution in [1.29, 1.82) is 0 Å². The van der Waals surface area contributed by atoms with E-state index in [-0.39, 0.29) is 6.04 Å². The Labute approximate surface area is 120 Å². The van der Waals surface area contributed by atoms with E-state index in [1.165, 1.54) is 16.7 Å². The smallest absolute Gasteiger partial charge is 0.123 e. The normalized spacial score (nSPS) is 12.4. The van der Waals surface area contributed by atoms with Crippen LogP contribution >= 0.6 is 0 Å². The number of hydrogen-bond acceptors (Lipinski definition) is 3. The Morgan fingerprint density at radius 3 is 2.75 bits per heavy atom. The number of hydrogen-bond donors (Lipinski definition) is 1. The van der Waals surface area contributed by atoms with E-state index in [4.69, 9.17) is 4.74 Å². The lowest BCUT2D eigenvalue weighted by molar-refractivity contribution is 0.400. The van der Waals surface area contributed by atoms with Gasteiger partial charge in [-0.1, -0.05) is 17.7 Å². The Morgan fingerprint density at radius 1 is 1.30 bits per heavy atom. The second kappa shape index (κ2) is 6.57. The second-order valence-electron chi connectivity index (χ2n) is 5.20. The molecule has 0 saturated heterocycles. The standard InChI is InChI=1S/C16H23N3O/c1-12-5-6-16(20-4)15(9-12)14(3)17-7-8-19-11-13(2)10-18-19/h5-6,9-11,14,17H,7-8H2,1-4H3. The molecule has 0 spiro atoms. The molecule has 0 saturated carbocycles. The molecule has 1 aromatic heterocycles. The van der Waals surface area contributed by atoms with Gasteiger partial charge < -0.3 is 10.1 Å². The maximum Gasteiger partial charge on any atom is 0.123 e. The lowest BCUT2D eigenvalue weighted by Crippen LogP contribution is -2.24. The van der Waals surface area contributed by atoms with Crippen LogP contribution in [0.4, 0.5) is 0 Å². The second-order valence-corrected chi connectivity index (χ2v) is 5.20. The van der Waals surface area contributed by atoms with Crippen molar-refractivity contribution in [2.75, 3.05) is 13.7 Å². The van der Waals surface area contributed by atoms with Crippen LogP contribution in [0.2, 0.25) is 0 Å². The lowest BCUT2D eigenvalue weighted by atomic mass is 10.0. The van der Waals surface area contributed by atoms with Crippen LogP contribution in [0.5, 0.6) is 5.75 Å². The third-order valence-electron chi connectivity index (χ3n) is 3.41. The topological polar surface area (TPSA) is 39.1 Å². The molecule has 0 radical (unpaired) electrons. The van der Waals surface area contributed by atoms with Crippen LogP contribution in [-0.2, 0) is 6.54 Å². The molecular weight excluding hydrogens is 250 g/mol. The van der Waals surface area contributed by atoms with E-state index in [0.717, 1.165) is 18.8 Å². The highest BCUT2D eigenvalue weighted by Crippen LogP contribution is 2.25. The molecule has 0 fully saturated rings. The molecule has 4 nitrogen and oxygen atoms in total. The van der Waals surface area contributed by atoms with Crippen LogP contribution in [0.25, 0.3) is 0 Å². The van der Waals surface area contributed by atoms with Gasteiger partial charge in [-0.05, 0) is 32.4 Å². The van der Waals surface area contributed by atoms with E-state index >= 15 is 0 Å². The Balaban J connectivity index is 1.94. The van der Waals surface area contributed by atoms with Gasteiger partial charge in [-0.15, -0.1) is 0 Å². The zero-order valence-corrected chi connectivity index (χ0v) is 12.7. The van der Waals surface area contributed by atoms with Crippen molar-refractivity contribution in [1.82, 2.24) is 15.1 Å². The molecule has 108 valence electrons. The molecule has 0 aliphatic rings. The number of aromatic nitrogens is 2. The SMILES string of the molecule is COc1ccc(C)cc1C(C)NCCn1cc(C)cn1. The molecule has 0 aliphatic heterocycles. The van der Waals surface area contributed by atoms with Gasteiger partial charge in [-0.3, -0.25) is 4.68 Å². The summed E-state index contributed by atoms with van der Waals surface area (Å²) >= 11 is 0. The molecule has 1 atom stereocenters. The van der Waals surface area contributed by atoms with Crippen molar-refractivity contribution in [3.63, 3.8) is 0 Å². The maximum atomic E-state index is 5.43. The molecule has 1 unspecified atom stereocenters. The van der Waals surface area contributed by atoms with Gasteiger partial charge in [-0.25, -0.2) is 0 Å².